The van der Waals surface area contributed by atoms with Crippen LogP contribution in [0.25, 0.3) is 11.1 Å². The fraction of sp³-hybridized carbons (Fsp3) is 0.0769. The highest BCUT2D eigenvalue weighted by molar-refractivity contribution is 5.69. The van der Waals surface area contributed by atoms with Crippen molar-refractivity contribution >= 4 is 5.69 Å². The van der Waals surface area contributed by atoms with Gasteiger partial charge in [-0.3, -0.25) is 0 Å². The lowest BCUT2D eigenvalue weighted by Gasteiger charge is -2.12. The van der Waals surface area contributed by atoms with Crippen molar-refractivity contribution in [2.45, 2.75) is 6.36 Å². The van der Waals surface area contributed by atoms with Gasteiger partial charge in [-0.2, -0.15) is 0 Å². The van der Waals surface area contributed by atoms with Crippen LogP contribution in [0.5, 0.6) is 5.75 Å². The molecule has 5 heteroatoms. The number of rotatable bonds is 2. The summed E-state index contributed by atoms with van der Waals surface area (Å²) >= 11 is 0. The Morgan fingerprint density at radius 2 is 1.56 bits per heavy atom. The smallest absolute Gasteiger partial charge is 0.404 e. The maximum Gasteiger partial charge on any atom is 0.573 e. The monoisotopic (exact) mass is 253 g/mol. The Labute approximate surface area is 102 Å². The largest absolute Gasteiger partial charge is 0.573 e. The van der Waals surface area contributed by atoms with Crippen molar-refractivity contribution in [3.63, 3.8) is 0 Å². The van der Waals surface area contributed by atoms with Crippen LogP contribution in [0.2, 0.25) is 0 Å². The lowest BCUT2D eigenvalue weighted by Crippen LogP contribution is -2.18. The predicted octanol–water partition coefficient (Wildman–Crippen LogP) is 3.83. The third-order valence-electron chi connectivity index (χ3n) is 2.35. The molecule has 94 valence electrons. The van der Waals surface area contributed by atoms with E-state index in [9.17, 15) is 13.2 Å². The second-order valence-electron chi connectivity index (χ2n) is 3.67. The number of hydrogen-bond donors (Lipinski definition) is 1. The van der Waals surface area contributed by atoms with Gasteiger partial charge in [0.15, 0.2) is 5.75 Å². The molecule has 2 rings (SSSR count). The maximum atomic E-state index is 12.2. The third kappa shape index (κ3) is 2.94. The fourth-order valence-electron chi connectivity index (χ4n) is 1.56. The zero-order chi connectivity index (χ0) is 13.2. The minimum absolute atomic E-state index is 0.0491. The Morgan fingerprint density at radius 1 is 0.889 bits per heavy atom. The van der Waals surface area contributed by atoms with Crippen LogP contribution in [0.1, 0.15) is 0 Å². The molecule has 2 aromatic rings. The van der Waals surface area contributed by atoms with Crippen molar-refractivity contribution in [1.82, 2.24) is 0 Å². The molecule has 0 amide bonds. The van der Waals surface area contributed by atoms with Gasteiger partial charge < -0.3 is 10.5 Å². The van der Waals surface area contributed by atoms with E-state index >= 15 is 0 Å². The molecule has 0 bridgehead atoms. The molecule has 18 heavy (non-hydrogen) atoms. The third-order valence-corrected chi connectivity index (χ3v) is 2.35. The van der Waals surface area contributed by atoms with Crippen molar-refractivity contribution in [1.29, 1.82) is 0 Å². The number of nitrogen functional groups attached to an aromatic ring is 1. The number of benzene rings is 2. The molecule has 0 radical (unpaired) electrons. The van der Waals surface area contributed by atoms with E-state index in [0.717, 1.165) is 5.56 Å². The summed E-state index contributed by atoms with van der Waals surface area (Å²) in [4.78, 5) is 0. The lowest BCUT2D eigenvalue weighted by atomic mass is 10.1. The van der Waals surface area contributed by atoms with Crippen molar-refractivity contribution < 1.29 is 17.9 Å². The molecule has 0 saturated heterocycles. The Kier molecular flexibility index (Phi) is 3.14. The molecule has 2 aromatic carbocycles. The van der Waals surface area contributed by atoms with Crippen LogP contribution >= 0.6 is 0 Å². The quantitative estimate of drug-likeness (QED) is 0.825. The van der Waals surface area contributed by atoms with Gasteiger partial charge in [-0.15, -0.1) is 13.2 Å². The highest BCUT2D eigenvalue weighted by Crippen LogP contribution is 2.32. The topological polar surface area (TPSA) is 35.2 Å². The second-order valence-corrected chi connectivity index (χ2v) is 3.67. The minimum atomic E-state index is -4.75. The van der Waals surface area contributed by atoms with Crippen LogP contribution in [0.4, 0.5) is 18.9 Å². The lowest BCUT2D eigenvalue weighted by molar-refractivity contribution is -0.274. The standard InChI is InChI=1S/C13H10F3NO/c14-13(15,16)18-12-8-10(6-7-11(12)17)9-4-2-1-3-5-9/h1-8H,17H2. The number of nitrogens with two attached hydrogens (primary N) is 1. The summed E-state index contributed by atoms with van der Waals surface area (Å²) in [6.07, 6.45) is -4.75. The van der Waals surface area contributed by atoms with Gasteiger partial charge in [-0.25, -0.2) is 0 Å². The summed E-state index contributed by atoms with van der Waals surface area (Å²) in [5.41, 5.74) is 6.81. The zero-order valence-corrected chi connectivity index (χ0v) is 9.24. The van der Waals surface area contributed by atoms with E-state index in [4.69, 9.17) is 5.73 Å². The van der Waals surface area contributed by atoms with Gasteiger partial charge in [0, 0.05) is 0 Å². The molecule has 0 aliphatic heterocycles. The first-order valence-electron chi connectivity index (χ1n) is 5.16. The van der Waals surface area contributed by atoms with Crippen molar-refractivity contribution in [3.05, 3.63) is 48.5 Å². The summed E-state index contributed by atoms with van der Waals surface area (Å²) in [5, 5.41) is 0. The molecule has 0 aromatic heterocycles. The second kappa shape index (κ2) is 4.60. The first-order valence-corrected chi connectivity index (χ1v) is 5.16. The Balaban J connectivity index is 2.38. The first-order chi connectivity index (χ1) is 8.46. The molecule has 0 atom stereocenters. The van der Waals surface area contributed by atoms with Gasteiger partial charge in [0.1, 0.15) is 0 Å². The Morgan fingerprint density at radius 3 is 2.17 bits per heavy atom. The van der Waals surface area contributed by atoms with E-state index in [2.05, 4.69) is 4.74 Å². The average Bonchev–Trinajstić information content (AvgIpc) is 2.31. The van der Waals surface area contributed by atoms with Gasteiger partial charge in [-0.05, 0) is 23.3 Å². The summed E-state index contributed by atoms with van der Waals surface area (Å²) in [6.45, 7) is 0. The average molecular weight is 253 g/mol. The van der Waals surface area contributed by atoms with Gasteiger partial charge >= 0.3 is 6.36 Å². The molecule has 0 saturated carbocycles. The summed E-state index contributed by atoms with van der Waals surface area (Å²) in [7, 11) is 0. The van der Waals surface area contributed by atoms with Gasteiger partial charge in [0.05, 0.1) is 5.69 Å². The van der Waals surface area contributed by atoms with Crippen molar-refractivity contribution in [2.24, 2.45) is 0 Å². The van der Waals surface area contributed by atoms with E-state index in [1.54, 1.807) is 30.3 Å². The highest BCUT2D eigenvalue weighted by atomic mass is 19.4. The molecular weight excluding hydrogens is 243 g/mol. The van der Waals surface area contributed by atoms with Crippen LogP contribution in [-0.2, 0) is 0 Å². The van der Waals surface area contributed by atoms with Crippen LogP contribution in [0, 0.1) is 0 Å². The molecule has 0 fully saturated rings. The van der Waals surface area contributed by atoms with Crippen molar-refractivity contribution in [2.75, 3.05) is 5.73 Å². The molecule has 0 aliphatic carbocycles. The minimum Gasteiger partial charge on any atom is -0.404 e. The summed E-state index contributed by atoms with van der Waals surface area (Å²) in [6, 6.07) is 13.3. The number of anilines is 1. The van der Waals surface area contributed by atoms with E-state index in [-0.39, 0.29) is 11.4 Å². The number of halogens is 3. The molecule has 0 aliphatic rings. The highest BCUT2D eigenvalue weighted by Gasteiger charge is 2.32. The SMILES string of the molecule is Nc1ccc(-c2ccccc2)cc1OC(F)(F)F. The molecule has 2 nitrogen and oxygen atoms in total. The number of alkyl halides is 3. The van der Waals surface area contributed by atoms with Gasteiger partial charge in [0.25, 0.3) is 0 Å². The van der Waals surface area contributed by atoms with Crippen molar-refractivity contribution in [3.8, 4) is 16.9 Å². The van der Waals surface area contributed by atoms with E-state index in [1.165, 1.54) is 12.1 Å². The van der Waals surface area contributed by atoms with E-state index in [1.807, 2.05) is 6.07 Å². The maximum absolute atomic E-state index is 12.2. The number of hydrogen-bond acceptors (Lipinski definition) is 2. The molecule has 0 heterocycles. The normalized spacial score (nSPS) is 11.3. The van der Waals surface area contributed by atoms with Gasteiger partial charge in [-0.1, -0.05) is 36.4 Å². The number of ether oxygens (including phenoxy) is 1. The Hall–Kier alpha value is -2.17. The van der Waals surface area contributed by atoms with Crippen LogP contribution in [0.15, 0.2) is 48.5 Å². The van der Waals surface area contributed by atoms with Crippen LogP contribution < -0.4 is 10.5 Å². The van der Waals surface area contributed by atoms with Crippen LogP contribution in [0.3, 0.4) is 0 Å². The van der Waals surface area contributed by atoms with Crippen LogP contribution in [-0.4, -0.2) is 6.36 Å². The Bertz CT molecular complexity index is 538. The van der Waals surface area contributed by atoms with Gasteiger partial charge in [0.2, 0.25) is 0 Å². The first kappa shape index (κ1) is 12.3. The molecule has 0 unspecified atom stereocenters. The van der Waals surface area contributed by atoms with E-state index < -0.39 is 6.36 Å². The fourth-order valence-corrected chi connectivity index (χ4v) is 1.56. The van der Waals surface area contributed by atoms with E-state index in [0.29, 0.717) is 5.56 Å². The summed E-state index contributed by atoms with van der Waals surface area (Å²) in [5.74, 6) is -0.385. The predicted molar refractivity (Wildman–Crippen MR) is 63.0 cm³/mol. The summed E-state index contributed by atoms with van der Waals surface area (Å²) < 4.78 is 40.4. The molecular formula is C13H10F3NO. The molecule has 0 spiro atoms. The molecule has 2 N–H and O–H groups in total. The zero-order valence-electron chi connectivity index (χ0n) is 9.24.